The van der Waals surface area contributed by atoms with Crippen molar-refractivity contribution in [3.63, 3.8) is 0 Å². The van der Waals surface area contributed by atoms with E-state index in [1.54, 1.807) is 7.11 Å². The summed E-state index contributed by atoms with van der Waals surface area (Å²) >= 11 is 0. The maximum Gasteiger partial charge on any atom is 0.326 e. The number of fused-ring (bicyclic) bond motifs is 2. The van der Waals surface area contributed by atoms with Crippen LogP contribution in [0.5, 0.6) is 11.5 Å². The van der Waals surface area contributed by atoms with Gasteiger partial charge in [0.05, 0.1) is 13.2 Å². The summed E-state index contributed by atoms with van der Waals surface area (Å²) in [5.41, 5.74) is 3.37. The molecule has 2 unspecified atom stereocenters. The Morgan fingerprint density at radius 1 is 0.974 bits per heavy atom. The standard InChI is InChI=1S/C32H31NO6/c1-37-24-13-12-20-16-33(23(32(35)36)14-21(20)30(24)38-17-18-8-4-2-5-9-18)31(34)29(19-10-6-3-7-11-19)39-25-15-22-26-27(22)28(25)26/h2-13,22-23,25-29H,14-17H2,1H3,(H,35,36)/t22?,23-,25+,26-,27?,28-,29-/m0/s1. The third kappa shape index (κ3) is 4.16. The Hall–Kier alpha value is -3.84. The van der Waals surface area contributed by atoms with E-state index in [4.69, 9.17) is 14.2 Å². The van der Waals surface area contributed by atoms with Crippen LogP contribution in [0.4, 0.5) is 0 Å². The number of hydrogen-bond acceptors (Lipinski definition) is 5. The molecule has 4 aliphatic carbocycles. The quantitative estimate of drug-likeness (QED) is 0.438. The first kappa shape index (κ1) is 24.2. The van der Waals surface area contributed by atoms with Crippen LogP contribution in [0.2, 0.25) is 0 Å². The molecule has 5 aliphatic rings. The summed E-state index contributed by atoms with van der Waals surface area (Å²) in [6.07, 6.45) is 0.369. The van der Waals surface area contributed by atoms with Gasteiger partial charge < -0.3 is 24.2 Å². The molecule has 1 amide bonds. The van der Waals surface area contributed by atoms with Crippen LogP contribution in [0.15, 0.2) is 72.8 Å². The summed E-state index contributed by atoms with van der Waals surface area (Å²) in [6, 6.07) is 21.9. The summed E-state index contributed by atoms with van der Waals surface area (Å²) < 4.78 is 18.3. The van der Waals surface area contributed by atoms with Crippen LogP contribution in [0, 0.1) is 23.7 Å². The molecule has 8 rings (SSSR count). The lowest BCUT2D eigenvalue weighted by Gasteiger charge is -2.38. The van der Waals surface area contributed by atoms with Crippen LogP contribution in [-0.2, 0) is 33.9 Å². The topological polar surface area (TPSA) is 85.3 Å². The first-order valence-electron chi connectivity index (χ1n) is 13.6. The van der Waals surface area contributed by atoms with Crippen molar-refractivity contribution in [2.24, 2.45) is 23.7 Å². The molecule has 1 aliphatic heterocycles. The molecule has 4 saturated carbocycles. The van der Waals surface area contributed by atoms with Crippen molar-refractivity contribution in [1.29, 1.82) is 0 Å². The number of carboxylic acids is 1. The second kappa shape index (κ2) is 9.42. The zero-order valence-electron chi connectivity index (χ0n) is 21.7. The predicted molar refractivity (Wildman–Crippen MR) is 142 cm³/mol. The van der Waals surface area contributed by atoms with Crippen molar-refractivity contribution in [3.05, 3.63) is 95.1 Å². The van der Waals surface area contributed by atoms with Crippen molar-refractivity contribution in [3.8, 4) is 11.5 Å². The zero-order valence-corrected chi connectivity index (χ0v) is 21.7. The highest BCUT2D eigenvalue weighted by atomic mass is 16.5. The number of methoxy groups -OCH3 is 1. The van der Waals surface area contributed by atoms with E-state index in [-0.39, 0.29) is 25.0 Å². The van der Waals surface area contributed by atoms with E-state index in [1.165, 1.54) is 4.90 Å². The lowest BCUT2D eigenvalue weighted by molar-refractivity contribution is -0.160. The van der Waals surface area contributed by atoms with E-state index in [9.17, 15) is 14.7 Å². The Bertz CT molecular complexity index is 1390. The average molecular weight is 526 g/mol. The van der Waals surface area contributed by atoms with Gasteiger partial charge in [0.1, 0.15) is 12.6 Å². The fourth-order valence-electron chi connectivity index (χ4n) is 6.97. The molecule has 0 saturated heterocycles. The monoisotopic (exact) mass is 525 g/mol. The SMILES string of the molecule is COc1ccc2c(c1OCc1ccccc1)C[C@@H](C(=O)O)N(C(=O)[C@@H](O[C@@H]1CC3C4[C@H]3[C@@H]41)c1ccccc1)C2. The molecule has 0 radical (unpaired) electrons. The lowest BCUT2D eigenvalue weighted by atomic mass is 9.91. The average Bonchev–Trinajstić information content (AvgIpc) is 3.80. The van der Waals surface area contributed by atoms with Crippen LogP contribution < -0.4 is 9.47 Å². The number of rotatable bonds is 9. The van der Waals surface area contributed by atoms with E-state index < -0.39 is 18.1 Å². The van der Waals surface area contributed by atoms with Crippen molar-refractivity contribution in [2.45, 2.75) is 44.2 Å². The number of ether oxygens (including phenoxy) is 3. The van der Waals surface area contributed by atoms with Crippen molar-refractivity contribution >= 4 is 11.9 Å². The highest BCUT2D eigenvalue weighted by Crippen LogP contribution is 2.82. The van der Waals surface area contributed by atoms with E-state index in [0.717, 1.165) is 46.4 Å². The highest BCUT2D eigenvalue weighted by Gasteiger charge is 2.81. The normalized spacial score (nSPS) is 28.2. The third-order valence-electron chi connectivity index (χ3n) is 9.06. The summed E-state index contributed by atoms with van der Waals surface area (Å²) in [5, 5.41) is 10.3. The number of aliphatic carboxylic acids is 1. The van der Waals surface area contributed by atoms with Gasteiger partial charge in [-0.15, -0.1) is 0 Å². The first-order chi connectivity index (χ1) is 19.0. The molecule has 2 bridgehead atoms. The van der Waals surface area contributed by atoms with Gasteiger partial charge in [-0.3, -0.25) is 4.79 Å². The van der Waals surface area contributed by atoms with Crippen molar-refractivity contribution < 1.29 is 28.9 Å². The fourth-order valence-corrected chi connectivity index (χ4v) is 6.97. The van der Waals surface area contributed by atoms with Gasteiger partial charge in [0.2, 0.25) is 0 Å². The van der Waals surface area contributed by atoms with Gasteiger partial charge in [-0.25, -0.2) is 4.79 Å². The minimum absolute atomic E-state index is 0.0711. The number of carbonyl (C=O) groups is 2. The van der Waals surface area contributed by atoms with Crippen LogP contribution in [0.1, 0.15) is 34.8 Å². The number of carbonyl (C=O) groups excluding carboxylic acids is 1. The van der Waals surface area contributed by atoms with Gasteiger partial charge in [0.25, 0.3) is 5.91 Å². The van der Waals surface area contributed by atoms with E-state index in [2.05, 4.69) is 0 Å². The molecule has 3 aromatic carbocycles. The number of benzene rings is 3. The number of nitrogens with zero attached hydrogens (tertiary/aromatic N) is 1. The van der Waals surface area contributed by atoms with Gasteiger partial charge in [0, 0.05) is 18.5 Å². The Kier molecular flexibility index (Phi) is 5.85. The Morgan fingerprint density at radius 3 is 2.33 bits per heavy atom. The van der Waals surface area contributed by atoms with Gasteiger partial charge in [-0.2, -0.15) is 0 Å². The fraction of sp³-hybridized carbons (Fsp3) is 0.375. The highest BCUT2D eigenvalue weighted by molar-refractivity contribution is 5.88. The molecule has 39 heavy (non-hydrogen) atoms. The Labute approximate surface area is 227 Å². The molecular formula is C32H31NO6. The van der Waals surface area contributed by atoms with Gasteiger partial charge in [-0.1, -0.05) is 66.7 Å². The Balaban J connectivity index is 1.19. The first-order valence-corrected chi connectivity index (χ1v) is 13.6. The molecular weight excluding hydrogens is 494 g/mol. The minimum atomic E-state index is -1.05. The van der Waals surface area contributed by atoms with Gasteiger partial charge >= 0.3 is 5.97 Å². The lowest BCUT2D eigenvalue weighted by Crippen LogP contribution is -2.51. The molecule has 4 fully saturated rings. The summed E-state index contributed by atoms with van der Waals surface area (Å²) in [6.45, 7) is 0.481. The van der Waals surface area contributed by atoms with Crippen LogP contribution >= 0.6 is 0 Å². The molecule has 3 aromatic rings. The second-order valence-electron chi connectivity index (χ2n) is 11.1. The van der Waals surface area contributed by atoms with Gasteiger partial charge in [-0.05, 0) is 52.8 Å². The number of hydrogen-bond donors (Lipinski definition) is 1. The van der Waals surface area contributed by atoms with Crippen LogP contribution in [-0.4, -0.2) is 41.1 Å². The molecule has 7 atom stereocenters. The Morgan fingerprint density at radius 2 is 1.69 bits per heavy atom. The molecule has 0 aromatic heterocycles. The van der Waals surface area contributed by atoms with Crippen molar-refractivity contribution in [2.75, 3.05) is 7.11 Å². The van der Waals surface area contributed by atoms with Crippen LogP contribution in [0.25, 0.3) is 0 Å². The van der Waals surface area contributed by atoms with E-state index in [1.807, 2.05) is 72.8 Å². The molecule has 0 spiro atoms. The molecule has 7 nitrogen and oxygen atoms in total. The molecule has 7 heteroatoms. The third-order valence-corrected chi connectivity index (χ3v) is 9.06. The van der Waals surface area contributed by atoms with E-state index in [0.29, 0.717) is 24.0 Å². The summed E-state index contributed by atoms with van der Waals surface area (Å²) in [4.78, 5) is 28.2. The zero-order chi connectivity index (χ0) is 26.7. The molecule has 1 heterocycles. The van der Waals surface area contributed by atoms with Crippen LogP contribution in [0.3, 0.4) is 0 Å². The van der Waals surface area contributed by atoms with Gasteiger partial charge in [0.15, 0.2) is 17.6 Å². The predicted octanol–water partition coefficient (Wildman–Crippen LogP) is 4.63. The number of carboxylic acid groups (broad SMARTS) is 1. The summed E-state index contributed by atoms with van der Waals surface area (Å²) in [7, 11) is 1.57. The number of amides is 1. The largest absolute Gasteiger partial charge is 0.493 e. The minimum Gasteiger partial charge on any atom is -0.493 e. The smallest absolute Gasteiger partial charge is 0.326 e. The second-order valence-corrected chi connectivity index (χ2v) is 11.1. The van der Waals surface area contributed by atoms with Crippen molar-refractivity contribution in [1.82, 2.24) is 4.90 Å². The maximum atomic E-state index is 14.1. The summed E-state index contributed by atoms with van der Waals surface area (Å²) in [5.74, 6) is 2.64. The van der Waals surface area contributed by atoms with E-state index >= 15 is 0 Å². The maximum absolute atomic E-state index is 14.1. The molecule has 1 N–H and O–H groups in total. The molecule has 200 valence electrons.